The summed E-state index contributed by atoms with van der Waals surface area (Å²) in [4.78, 5) is 0. The summed E-state index contributed by atoms with van der Waals surface area (Å²) in [6.07, 6.45) is 0. The summed E-state index contributed by atoms with van der Waals surface area (Å²) in [5.74, 6) is 0. The van der Waals surface area contributed by atoms with Gasteiger partial charge in [-0.25, -0.2) is 0 Å². The van der Waals surface area contributed by atoms with Crippen molar-refractivity contribution in [2.45, 2.75) is 0 Å². The maximum absolute atomic E-state index is 8.15. The molecule has 0 amide bonds. The highest BCUT2D eigenvalue weighted by Crippen LogP contribution is 1.54. The number of rotatable bonds is 4. The minimum atomic E-state index is 0. The lowest BCUT2D eigenvalue weighted by Gasteiger charge is -1.94. The van der Waals surface area contributed by atoms with Gasteiger partial charge in [-0.05, 0) is 0 Å². The van der Waals surface area contributed by atoms with Crippen LogP contribution < -0.4 is 5.32 Å². The van der Waals surface area contributed by atoms with Crippen LogP contribution in [-0.4, -0.2) is 36.5 Å². The van der Waals surface area contributed by atoms with Gasteiger partial charge in [0, 0.05) is 13.1 Å². The number of aliphatic hydroxyl groups excluding tert-OH is 2. The summed E-state index contributed by atoms with van der Waals surface area (Å²) < 4.78 is 0. The van der Waals surface area contributed by atoms with E-state index in [4.69, 9.17) is 10.2 Å². The van der Waals surface area contributed by atoms with E-state index in [1.165, 1.54) is 0 Å². The van der Waals surface area contributed by atoms with E-state index in [-0.39, 0.29) is 17.9 Å². The molecule has 0 atom stereocenters. The first-order valence-electron chi connectivity index (χ1n) is 2.34. The SMILES string of the molecule is F.OCCNCCO. The van der Waals surface area contributed by atoms with Gasteiger partial charge in [0.15, 0.2) is 0 Å². The first-order valence-corrected chi connectivity index (χ1v) is 2.34. The van der Waals surface area contributed by atoms with Crippen LogP contribution in [0.3, 0.4) is 0 Å². The molecular formula is C4H12FNO2. The van der Waals surface area contributed by atoms with E-state index in [2.05, 4.69) is 5.32 Å². The molecule has 0 aliphatic rings. The Morgan fingerprint density at radius 3 is 1.62 bits per heavy atom. The molecule has 8 heavy (non-hydrogen) atoms. The lowest BCUT2D eigenvalue weighted by molar-refractivity contribution is 0.267. The zero-order valence-electron chi connectivity index (χ0n) is 4.63. The average Bonchev–Trinajstić information content (AvgIpc) is 1.69. The van der Waals surface area contributed by atoms with Crippen LogP contribution in [0.4, 0.5) is 4.70 Å². The fourth-order valence-corrected chi connectivity index (χ4v) is 0.283. The van der Waals surface area contributed by atoms with Gasteiger partial charge in [0.05, 0.1) is 13.2 Å². The number of hydrogen-bond acceptors (Lipinski definition) is 3. The fourth-order valence-electron chi connectivity index (χ4n) is 0.283. The number of hydrogen-bond donors (Lipinski definition) is 3. The third-order valence-electron chi connectivity index (χ3n) is 0.577. The Kier molecular flexibility index (Phi) is 13.3. The van der Waals surface area contributed by atoms with Crippen LogP contribution in [0, 0.1) is 0 Å². The molecule has 0 aromatic heterocycles. The van der Waals surface area contributed by atoms with E-state index in [0.717, 1.165) is 0 Å². The zero-order valence-corrected chi connectivity index (χ0v) is 4.63. The summed E-state index contributed by atoms with van der Waals surface area (Å²) in [6.45, 7) is 1.42. The molecule has 0 aliphatic heterocycles. The van der Waals surface area contributed by atoms with Gasteiger partial charge in [-0.3, -0.25) is 4.70 Å². The van der Waals surface area contributed by atoms with Crippen molar-refractivity contribution in [3.8, 4) is 0 Å². The second kappa shape index (κ2) is 9.94. The molecule has 3 N–H and O–H groups in total. The second-order valence-corrected chi connectivity index (χ2v) is 1.20. The van der Waals surface area contributed by atoms with Gasteiger partial charge in [0.1, 0.15) is 0 Å². The summed E-state index contributed by atoms with van der Waals surface area (Å²) in [5, 5.41) is 19.1. The molecule has 0 radical (unpaired) electrons. The monoisotopic (exact) mass is 125 g/mol. The molecule has 0 rings (SSSR count). The van der Waals surface area contributed by atoms with Crippen molar-refractivity contribution < 1.29 is 14.9 Å². The van der Waals surface area contributed by atoms with E-state index in [0.29, 0.717) is 13.1 Å². The first-order chi connectivity index (χ1) is 3.41. The van der Waals surface area contributed by atoms with Gasteiger partial charge in [-0.2, -0.15) is 0 Å². The minimum Gasteiger partial charge on any atom is -0.395 e. The molecule has 0 bridgehead atoms. The Morgan fingerprint density at radius 1 is 1.00 bits per heavy atom. The summed E-state index contributed by atoms with van der Waals surface area (Å²) >= 11 is 0. The van der Waals surface area contributed by atoms with Crippen molar-refractivity contribution in [2.24, 2.45) is 0 Å². The predicted octanol–water partition coefficient (Wildman–Crippen LogP) is -1.29. The normalized spacial score (nSPS) is 8.25. The molecule has 3 nitrogen and oxygen atoms in total. The van der Waals surface area contributed by atoms with E-state index >= 15 is 0 Å². The van der Waals surface area contributed by atoms with E-state index in [1.807, 2.05) is 0 Å². The van der Waals surface area contributed by atoms with Crippen molar-refractivity contribution in [1.29, 1.82) is 0 Å². The van der Waals surface area contributed by atoms with Gasteiger partial charge in [0.25, 0.3) is 0 Å². The van der Waals surface area contributed by atoms with Gasteiger partial charge >= 0.3 is 0 Å². The Balaban J connectivity index is 0. The van der Waals surface area contributed by atoms with Crippen LogP contribution in [0.2, 0.25) is 0 Å². The Labute approximate surface area is 47.7 Å². The molecule has 0 unspecified atom stereocenters. The highest BCUT2D eigenvalue weighted by Gasteiger charge is 1.78. The third kappa shape index (κ3) is 9.26. The van der Waals surface area contributed by atoms with Gasteiger partial charge in [-0.15, -0.1) is 0 Å². The van der Waals surface area contributed by atoms with Crippen molar-refractivity contribution in [2.75, 3.05) is 26.3 Å². The molecule has 0 aliphatic carbocycles. The standard InChI is InChI=1S/C4H11NO2.FH/c6-3-1-5-2-4-7;/h5-7H,1-4H2;1H. The third-order valence-corrected chi connectivity index (χ3v) is 0.577. The summed E-state index contributed by atoms with van der Waals surface area (Å²) in [6, 6.07) is 0. The molecule has 0 spiro atoms. The second-order valence-electron chi connectivity index (χ2n) is 1.20. The van der Waals surface area contributed by atoms with Gasteiger partial charge < -0.3 is 15.5 Å². The Bertz CT molecular complexity index is 33.2. The van der Waals surface area contributed by atoms with Crippen molar-refractivity contribution in [3.05, 3.63) is 0 Å². The minimum absolute atomic E-state index is 0. The molecule has 0 heterocycles. The molecule has 0 saturated carbocycles. The number of halogens is 1. The molecule has 0 aromatic rings. The molecular weight excluding hydrogens is 113 g/mol. The van der Waals surface area contributed by atoms with Crippen molar-refractivity contribution >= 4 is 0 Å². The number of aliphatic hydroxyl groups is 2. The van der Waals surface area contributed by atoms with E-state index in [9.17, 15) is 0 Å². The lowest BCUT2D eigenvalue weighted by atomic mass is 10.6. The van der Waals surface area contributed by atoms with E-state index in [1.54, 1.807) is 0 Å². The smallest absolute Gasteiger partial charge is 0.0555 e. The first kappa shape index (κ1) is 10.7. The number of nitrogens with one attached hydrogen (secondary N) is 1. The predicted molar refractivity (Wildman–Crippen MR) is 29.5 cm³/mol. The van der Waals surface area contributed by atoms with Gasteiger partial charge in [-0.1, -0.05) is 0 Å². The van der Waals surface area contributed by atoms with Crippen molar-refractivity contribution in [3.63, 3.8) is 0 Å². The summed E-state index contributed by atoms with van der Waals surface area (Å²) in [5.41, 5.74) is 0. The topological polar surface area (TPSA) is 52.5 Å². The highest BCUT2D eigenvalue weighted by molar-refractivity contribution is 4.39. The zero-order chi connectivity index (χ0) is 5.54. The highest BCUT2D eigenvalue weighted by atomic mass is 19.0. The lowest BCUT2D eigenvalue weighted by Crippen LogP contribution is -2.21. The average molecular weight is 125 g/mol. The molecule has 0 fully saturated rings. The Hall–Kier alpha value is -0.190. The maximum atomic E-state index is 8.15. The van der Waals surface area contributed by atoms with Crippen LogP contribution in [0.25, 0.3) is 0 Å². The largest absolute Gasteiger partial charge is 0.395 e. The van der Waals surface area contributed by atoms with Crippen LogP contribution in [-0.2, 0) is 0 Å². The molecule has 0 saturated heterocycles. The Morgan fingerprint density at radius 2 is 1.38 bits per heavy atom. The van der Waals surface area contributed by atoms with Gasteiger partial charge in [0.2, 0.25) is 0 Å². The van der Waals surface area contributed by atoms with E-state index < -0.39 is 0 Å². The molecule has 52 valence electrons. The maximum Gasteiger partial charge on any atom is 0.0555 e. The van der Waals surface area contributed by atoms with Crippen LogP contribution in [0.1, 0.15) is 0 Å². The fraction of sp³-hybridized carbons (Fsp3) is 1.00. The van der Waals surface area contributed by atoms with Crippen molar-refractivity contribution in [1.82, 2.24) is 5.32 Å². The quantitative estimate of drug-likeness (QED) is 0.410. The molecule has 4 heteroatoms. The van der Waals surface area contributed by atoms with Crippen LogP contribution >= 0.6 is 0 Å². The molecule has 0 aromatic carbocycles. The summed E-state index contributed by atoms with van der Waals surface area (Å²) in [7, 11) is 0. The van der Waals surface area contributed by atoms with Crippen LogP contribution in [0.5, 0.6) is 0 Å². The van der Waals surface area contributed by atoms with Crippen LogP contribution in [0.15, 0.2) is 0 Å².